The molecule has 3 rings (SSSR count). The number of benzene rings is 1. The van der Waals surface area contributed by atoms with Crippen molar-refractivity contribution in [2.24, 2.45) is 0 Å². The van der Waals surface area contributed by atoms with Crippen LogP contribution in [0.5, 0.6) is 0 Å². The van der Waals surface area contributed by atoms with Crippen LogP contribution >= 0.6 is 0 Å². The molecule has 2 heterocycles. The van der Waals surface area contributed by atoms with Crippen molar-refractivity contribution in [2.45, 2.75) is 26.4 Å². The molecule has 0 radical (unpaired) electrons. The van der Waals surface area contributed by atoms with Gasteiger partial charge in [0.05, 0.1) is 5.52 Å². The van der Waals surface area contributed by atoms with Gasteiger partial charge in [-0.05, 0) is 42.8 Å². The Kier molecular flexibility index (Phi) is 4.31. The van der Waals surface area contributed by atoms with Crippen molar-refractivity contribution < 1.29 is 0 Å². The lowest BCUT2D eigenvalue weighted by atomic mass is 10.1. The third-order valence-electron chi connectivity index (χ3n) is 3.74. The Morgan fingerprint density at radius 1 is 1.10 bits per heavy atom. The Morgan fingerprint density at radius 2 is 2.00 bits per heavy atom. The van der Waals surface area contributed by atoms with Gasteiger partial charge in [-0.2, -0.15) is 0 Å². The molecule has 0 unspecified atom stereocenters. The highest BCUT2D eigenvalue weighted by Crippen LogP contribution is 2.18. The van der Waals surface area contributed by atoms with E-state index < -0.39 is 0 Å². The predicted molar refractivity (Wildman–Crippen MR) is 87.3 cm³/mol. The smallest absolute Gasteiger partial charge is 0.0705 e. The lowest BCUT2D eigenvalue weighted by Gasteiger charge is -2.12. The molecule has 0 aliphatic rings. The number of hydrogen-bond donors (Lipinski definition) is 1. The molecule has 0 bridgehead atoms. The van der Waals surface area contributed by atoms with Crippen molar-refractivity contribution in [3.8, 4) is 0 Å². The maximum absolute atomic E-state index is 4.43. The molecule has 0 aliphatic heterocycles. The van der Waals surface area contributed by atoms with Crippen LogP contribution in [0.25, 0.3) is 10.9 Å². The summed E-state index contributed by atoms with van der Waals surface area (Å²) in [4.78, 5) is 4.43. The van der Waals surface area contributed by atoms with Gasteiger partial charge >= 0.3 is 0 Å². The first kappa shape index (κ1) is 13.8. The van der Waals surface area contributed by atoms with Gasteiger partial charge in [0, 0.05) is 36.6 Å². The van der Waals surface area contributed by atoms with Gasteiger partial charge in [-0.25, -0.2) is 0 Å². The van der Waals surface area contributed by atoms with Crippen molar-refractivity contribution >= 4 is 10.9 Å². The van der Waals surface area contributed by atoms with E-state index in [9.17, 15) is 0 Å². The number of fused-ring (bicyclic) bond motifs is 1. The highest BCUT2D eigenvalue weighted by atomic mass is 15.0. The number of hydrogen-bond acceptors (Lipinski definition) is 2. The van der Waals surface area contributed by atoms with E-state index in [2.05, 4.69) is 64.4 Å². The number of nitrogens with zero attached hydrogens (tertiary/aromatic N) is 2. The Labute approximate surface area is 125 Å². The Hall–Kier alpha value is -2.13. The molecule has 0 aliphatic carbocycles. The molecule has 0 spiro atoms. The maximum Gasteiger partial charge on any atom is 0.0705 e. The van der Waals surface area contributed by atoms with Crippen LogP contribution in [0.1, 0.15) is 24.6 Å². The van der Waals surface area contributed by atoms with Crippen molar-refractivity contribution in [3.63, 3.8) is 0 Å². The number of rotatable bonds is 6. The second-order valence-corrected chi connectivity index (χ2v) is 5.29. The van der Waals surface area contributed by atoms with Gasteiger partial charge in [0.1, 0.15) is 0 Å². The van der Waals surface area contributed by atoms with Gasteiger partial charge in [-0.15, -0.1) is 0 Å². The van der Waals surface area contributed by atoms with Gasteiger partial charge in [0.2, 0.25) is 0 Å². The Bertz CT molecular complexity index is 710. The van der Waals surface area contributed by atoms with Crippen LogP contribution in [0.2, 0.25) is 0 Å². The largest absolute Gasteiger partial charge is 0.346 e. The molecular weight excluding hydrogens is 258 g/mol. The van der Waals surface area contributed by atoms with Gasteiger partial charge in [0.25, 0.3) is 0 Å². The molecule has 3 aromatic rings. The van der Waals surface area contributed by atoms with E-state index in [1.54, 1.807) is 0 Å². The van der Waals surface area contributed by atoms with E-state index in [4.69, 9.17) is 0 Å². The standard InChI is InChI=1S/C18H21N3/c1-2-10-19-13-16-6-5-12-21(16)14-15-9-11-20-18-8-4-3-7-17(15)18/h3-9,11-12,19H,2,10,13-14H2,1H3. The molecule has 3 heteroatoms. The van der Waals surface area contributed by atoms with Crippen LogP contribution < -0.4 is 5.32 Å². The number of nitrogens with one attached hydrogen (secondary N) is 1. The second kappa shape index (κ2) is 6.55. The topological polar surface area (TPSA) is 29.9 Å². The predicted octanol–water partition coefficient (Wildman–Crippen LogP) is 3.58. The second-order valence-electron chi connectivity index (χ2n) is 5.29. The third-order valence-corrected chi connectivity index (χ3v) is 3.74. The maximum atomic E-state index is 4.43. The molecule has 0 amide bonds. The first-order valence-corrected chi connectivity index (χ1v) is 7.56. The first-order chi connectivity index (χ1) is 10.4. The summed E-state index contributed by atoms with van der Waals surface area (Å²) in [5.41, 5.74) is 3.70. The average molecular weight is 279 g/mol. The normalized spacial score (nSPS) is 11.1. The lowest BCUT2D eigenvalue weighted by molar-refractivity contribution is 0.631. The van der Waals surface area contributed by atoms with Gasteiger partial charge in [-0.3, -0.25) is 4.98 Å². The summed E-state index contributed by atoms with van der Waals surface area (Å²) in [6.45, 7) is 5.06. The van der Waals surface area contributed by atoms with Crippen LogP contribution in [0.4, 0.5) is 0 Å². The van der Waals surface area contributed by atoms with Crippen LogP contribution in [0.3, 0.4) is 0 Å². The minimum Gasteiger partial charge on any atom is -0.346 e. The van der Waals surface area contributed by atoms with E-state index in [0.717, 1.165) is 31.6 Å². The zero-order valence-corrected chi connectivity index (χ0v) is 12.4. The minimum atomic E-state index is 0.888. The zero-order valence-electron chi connectivity index (χ0n) is 12.4. The molecule has 0 saturated carbocycles. The quantitative estimate of drug-likeness (QED) is 0.699. The van der Waals surface area contributed by atoms with Crippen LogP contribution in [0, 0.1) is 0 Å². The molecule has 3 nitrogen and oxygen atoms in total. The summed E-state index contributed by atoms with van der Waals surface area (Å²) in [7, 11) is 0. The molecule has 1 aromatic carbocycles. The fourth-order valence-corrected chi connectivity index (χ4v) is 2.63. The zero-order chi connectivity index (χ0) is 14.5. The van der Waals surface area contributed by atoms with E-state index in [1.165, 1.54) is 16.6 Å². The molecule has 0 fully saturated rings. The number of pyridine rings is 1. The van der Waals surface area contributed by atoms with Crippen molar-refractivity contribution in [2.75, 3.05) is 6.54 Å². The molecule has 0 saturated heterocycles. The number of para-hydroxylation sites is 1. The number of aromatic nitrogens is 2. The summed E-state index contributed by atoms with van der Waals surface area (Å²) in [5.74, 6) is 0. The van der Waals surface area contributed by atoms with Crippen molar-refractivity contribution in [1.82, 2.24) is 14.9 Å². The van der Waals surface area contributed by atoms with Crippen LogP contribution in [-0.4, -0.2) is 16.1 Å². The van der Waals surface area contributed by atoms with E-state index in [-0.39, 0.29) is 0 Å². The summed E-state index contributed by atoms with van der Waals surface area (Å²) in [5, 5.41) is 4.70. The summed E-state index contributed by atoms with van der Waals surface area (Å²) < 4.78 is 2.31. The lowest BCUT2D eigenvalue weighted by Crippen LogP contribution is -2.17. The highest BCUT2D eigenvalue weighted by Gasteiger charge is 2.05. The molecule has 1 N–H and O–H groups in total. The summed E-state index contributed by atoms with van der Waals surface area (Å²) >= 11 is 0. The molecule has 108 valence electrons. The van der Waals surface area contributed by atoms with E-state index >= 15 is 0 Å². The van der Waals surface area contributed by atoms with E-state index in [1.807, 2.05) is 12.3 Å². The first-order valence-electron chi connectivity index (χ1n) is 7.56. The van der Waals surface area contributed by atoms with Gasteiger partial charge in [0.15, 0.2) is 0 Å². The fraction of sp³-hybridized carbons (Fsp3) is 0.278. The highest BCUT2D eigenvalue weighted by molar-refractivity contribution is 5.81. The van der Waals surface area contributed by atoms with E-state index in [0.29, 0.717) is 0 Å². The fourth-order valence-electron chi connectivity index (χ4n) is 2.63. The monoisotopic (exact) mass is 279 g/mol. The SMILES string of the molecule is CCCNCc1cccn1Cc1ccnc2ccccc12. The average Bonchev–Trinajstić information content (AvgIpc) is 2.95. The van der Waals surface area contributed by atoms with Crippen LogP contribution in [0.15, 0.2) is 54.9 Å². The molecule has 2 aromatic heterocycles. The Balaban J connectivity index is 1.84. The molecule has 0 atom stereocenters. The molecule has 21 heavy (non-hydrogen) atoms. The minimum absolute atomic E-state index is 0.888. The van der Waals surface area contributed by atoms with Crippen LogP contribution in [-0.2, 0) is 13.1 Å². The summed E-state index contributed by atoms with van der Waals surface area (Å²) in [6, 6.07) is 14.8. The summed E-state index contributed by atoms with van der Waals surface area (Å²) in [6.07, 6.45) is 5.21. The third kappa shape index (κ3) is 3.14. The van der Waals surface area contributed by atoms with Crippen molar-refractivity contribution in [1.29, 1.82) is 0 Å². The molecular formula is C18H21N3. The van der Waals surface area contributed by atoms with Crippen molar-refractivity contribution in [3.05, 3.63) is 66.1 Å². The van der Waals surface area contributed by atoms with Gasteiger partial charge < -0.3 is 9.88 Å². The van der Waals surface area contributed by atoms with Gasteiger partial charge in [-0.1, -0.05) is 25.1 Å². The Morgan fingerprint density at radius 3 is 2.90 bits per heavy atom.